The molecule has 0 spiro atoms. The van der Waals surface area contributed by atoms with Gasteiger partial charge in [-0.2, -0.15) is 13.2 Å². The van der Waals surface area contributed by atoms with Crippen LogP contribution in [0.25, 0.3) is 10.4 Å². The van der Waals surface area contributed by atoms with Crippen LogP contribution in [0, 0.1) is 0 Å². The Kier molecular flexibility index (Phi) is 3.39. The minimum atomic E-state index is -4.48. The molecule has 1 heterocycles. The highest BCUT2D eigenvalue weighted by molar-refractivity contribution is 6.31. The summed E-state index contributed by atoms with van der Waals surface area (Å²) in [5.74, 6) is 0. The summed E-state index contributed by atoms with van der Waals surface area (Å²) in [5, 5.41) is 2.98. The SMILES string of the molecule is [N-]=[N+]=NCc1ncc(C(F)(F)F)cc1Cl. The molecule has 0 aliphatic carbocycles. The average Bonchev–Trinajstić information content (AvgIpc) is 2.14. The summed E-state index contributed by atoms with van der Waals surface area (Å²) in [5.41, 5.74) is 7.19. The standard InChI is InChI=1S/C7H4ClF3N4/c8-5-1-4(7(9,10)11)2-13-6(5)3-14-15-12/h1-2H,3H2. The van der Waals surface area contributed by atoms with E-state index in [0.29, 0.717) is 6.20 Å². The predicted molar refractivity (Wildman–Crippen MR) is 47.1 cm³/mol. The third-order valence-electron chi connectivity index (χ3n) is 1.53. The van der Waals surface area contributed by atoms with E-state index in [0.717, 1.165) is 6.07 Å². The number of alkyl halides is 3. The maximum atomic E-state index is 12.2. The Morgan fingerprint density at radius 1 is 1.53 bits per heavy atom. The Morgan fingerprint density at radius 3 is 2.67 bits per heavy atom. The Labute approximate surface area is 87.3 Å². The smallest absolute Gasteiger partial charge is 0.259 e. The van der Waals surface area contributed by atoms with E-state index in [2.05, 4.69) is 15.0 Å². The van der Waals surface area contributed by atoms with Crippen LogP contribution in [0.15, 0.2) is 17.4 Å². The fourth-order valence-corrected chi connectivity index (χ4v) is 1.06. The lowest BCUT2D eigenvalue weighted by Gasteiger charge is -2.07. The molecule has 0 bridgehead atoms. The molecule has 1 aromatic rings. The molecule has 0 radical (unpaired) electrons. The second kappa shape index (κ2) is 4.37. The van der Waals surface area contributed by atoms with Crippen LogP contribution in [-0.4, -0.2) is 4.98 Å². The maximum Gasteiger partial charge on any atom is 0.417 e. The number of halogens is 4. The van der Waals surface area contributed by atoms with Crippen LogP contribution in [0.2, 0.25) is 5.02 Å². The Bertz CT molecular complexity index is 411. The molecule has 15 heavy (non-hydrogen) atoms. The first kappa shape index (κ1) is 11.6. The molecule has 8 heteroatoms. The van der Waals surface area contributed by atoms with Gasteiger partial charge in [-0.15, -0.1) is 0 Å². The van der Waals surface area contributed by atoms with Crippen molar-refractivity contribution in [3.8, 4) is 0 Å². The largest absolute Gasteiger partial charge is 0.417 e. The van der Waals surface area contributed by atoms with Crippen LogP contribution in [-0.2, 0) is 12.7 Å². The lowest BCUT2D eigenvalue weighted by Crippen LogP contribution is -2.06. The molecule has 0 fully saturated rings. The molecule has 0 saturated carbocycles. The van der Waals surface area contributed by atoms with Crippen molar-refractivity contribution in [3.63, 3.8) is 0 Å². The Hall–Kier alpha value is -1.46. The molecule has 0 aliphatic heterocycles. The second-order valence-corrected chi connectivity index (χ2v) is 2.95. The number of hydrogen-bond acceptors (Lipinski definition) is 2. The molecule has 4 nitrogen and oxygen atoms in total. The number of nitrogens with zero attached hydrogens (tertiary/aromatic N) is 4. The third kappa shape index (κ3) is 3.00. The van der Waals surface area contributed by atoms with Gasteiger partial charge in [0.25, 0.3) is 0 Å². The van der Waals surface area contributed by atoms with Gasteiger partial charge in [0.15, 0.2) is 0 Å². The van der Waals surface area contributed by atoms with Crippen LogP contribution < -0.4 is 0 Å². The van der Waals surface area contributed by atoms with Crippen LogP contribution in [0.5, 0.6) is 0 Å². The van der Waals surface area contributed by atoms with Gasteiger partial charge in [-0.05, 0) is 11.6 Å². The summed E-state index contributed by atoms with van der Waals surface area (Å²) in [7, 11) is 0. The van der Waals surface area contributed by atoms with Gasteiger partial charge < -0.3 is 0 Å². The summed E-state index contributed by atoms with van der Waals surface area (Å²) in [6, 6.07) is 0.747. The first-order valence-corrected chi connectivity index (χ1v) is 4.05. The summed E-state index contributed by atoms with van der Waals surface area (Å²) in [6.45, 7) is -0.173. The van der Waals surface area contributed by atoms with Crippen LogP contribution >= 0.6 is 11.6 Å². The van der Waals surface area contributed by atoms with Gasteiger partial charge in [0, 0.05) is 11.1 Å². The number of pyridine rings is 1. The normalized spacial score (nSPS) is 10.9. The van der Waals surface area contributed by atoms with E-state index in [9.17, 15) is 13.2 Å². The minimum Gasteiger partial charge on any atom is -0.259 e. The van der Waals surface area contributed by atoms with Crippen molar-refractivity contribution < 1.29 is 13.2 Å². The zero-order valence-electron chi connectivity index (χ0n) is 7.16. The van der Waals surface area contributed by atoms with Gasteiger partial charge in [0.05, 0.1) is 22.8 Å². The highest BCUT2D eigenvalue weighted by Gasteiger charge is 2.31. The Balaban J connectivity index is 3.03. The average molecular weight is 237 g/mol. The number of aromatic nitrogens is 1. The molecule has 0 atom stereocenters. The molecule has 0 amide bonds. The van der Waals surface area contributed by atoms with E-state index in [-0.39, 0.29) is 17.3 Å². The van der Waals surface area contributed by atoms with Gasteiger partial charge in [-0.3, -0.25) is 4.98 Å². The molecule has 80 valence electrons. The van der Waals surface area contributed by atoms with Gasteiger partial charge in [-0.1, -0.05) is 16.7 Å². The summed E-state index contributed by atoms with van der Waals surface area (Å²) >= 11 is 5.53. The van der Waals surface area contributed by atoms with Crippen molar-refractivity contribution in [2.24, 2.45) is 5.11 Å². The molecule has 0 saturated heterocycles. The molecule has 1 aromatic heterocycles. The fourth-order valence-electron chi connectivity index (χ4n) is 0.836. The lowest BCUT2D eigenvalue weighted by molar-refractivity contribution is -0.137. The first-order valence-electron chi connectivity index (χ1n) is 3.67. The summed E-state index contributed by atoms with van der Waals surface area (Å²) in [6.07, 6.45) is -3.83. The molecular weight excluding hydrogens is 233 g/mol. The van der Waals surface area contributed by atoms with Crippen LogP contribution in [0.4, 0.5) is 13.2 Å². The maximum absolute atomic E-state index is 12.2. The molecule has 0 aromatic carbocycles. The molecule has 0 N–H and O–H groups in total. The first-order chi connectivity index (χ1) is 6.95. The molecule has 1 rings (SSSR count). The monoisotopic (exact) mass is 236 g/mol. The van der Waals surface area contributed by atoms with Gasteiger partial charge in [-0.25, -0.2) is 0 Å². The van der Waals surface area contributed by atoms with E-state index in [1.54, 1.807) is 0 Å². The summed E-state index contributed by atoms with van der Waals surface area (Å²) < 4.78 is 36.5. The van der Waals surface area contributed by atoms with Crippen molar-refractivity contribution in [1.29, 1.82) is 0 Å². The zero-order valence-corrected chi connectivity index (χ0v) is 7.92. The van der Waals surface area contributed by atoms with E-state index in [1.165, 1.54) is 0 Å². The van der Waals surface area contributed by atoms with Crippen molar-refractivity contribution >= 4 is 11.6 Å². The molecular formula is C7H4ClF3N4. The van der Waals surface area contributed by atoms with Crippen molar-refractivity contribution in [2.45, 2.75) is 12.7 Å². The summed E-state index contributed by atoms with van der Waals surface area (Å²) in [4.78, 5) is 5.91. The van der Waals surface area contributed by atoms with Crippen LogP contribution in [0.1, 0.15) is 11.3 Å². The number of azide groups is 1. The molecule has 0 aliphatic rings. The Morgan fingerprint density at radius 2 is 2.20 bits per heavy atom. The topological polar surface area (TPSA) is 61.7 Å². The van der Waals surface area contributed by atoms with Gasteiger partial charge >= 0.3 is 6.18 Å². The molecule has 0 unspecified atom stereocenters. The zero-order chi connectivity index (χ0) is 11.5. The lowest BCUT2D eigenvalue weighted by atomic mass is 10.2. The third-order valence-corrected chi connectivity index (χ3v) is 1.86. The number of rotatable bonds is 2. The number of hydrogen-bond donors (Lipinski definition) is 0. The van der Waals surface area contributed by atoms with Gasteiger partial charge in [0.1, 0.15) is 0 Å². The highest BCUT2D eigenvalue weighted by Crippen LogP contribution is 2.31. The van der Waals surface area contributed by atoms with E-state index < -0.39 is 11.7 Å². The van der Waals surface area contributed by atoms with Crippen molar-refractivity contribution in [1.82, 2.24) is 4.98 Å². The fraction of sp³-hybridized carbons (Fsp3) is 0.286. The quantitative estimate of drug-likeness (QED) is 0.440. The predicted octanol–water partition coefficient (Wildman–Crippen LogP) is 3.56. The van der Waals surface area contributed by atoms with E-state index >= 15 is 0 Å². The second-order valence-electron chi connectivity index (χ2n) is 2.54. The minimum absolute atomic E-state index is 0.113. The van der Waals surface area contributed by atoms with E-state index in [1.807, 2.05) is 0 Å². The van der Waals surface area contributed by atoms with Crippen LogP contribution in [0.3, 0.4) is 0 Å². The highest BCUT2D eigenvalue weighted by atomic mass is 35.5. The van der Waals surface area contributed by atoms with Gasteiger partial charge in [0.2, 0.25) is 0 Å². The van der Waals surface area contributed by atoms with E-state index in [4.69, 9.17) is 17.1 Å². The van der Waals surface area contributed by atoms with Crippen molar-refractivity contribution in [2.75, 3.05) is 0 Å². The van der Waals surface area contributed by atoms with Crippen molar-refractivity contribution in [3.05, 3.63) is 39.0 Å².